The number of anilines is 1. The lowest BCUT2D eigenvalue weighted by atomic mass is 10.0. The minimum Gasteiger partial charge on any atom is -0.497 e. The lowest BCUT2D eigenvalue weighted by Crippen LogP contribution is -2.63. The van der Waals surface area contributed by atoms with Gasteiger partial charge in [-0.3, -0.25) is 4.90 Å². The summed E-state index contributed by atoms with van der Waals surface area (Å²) in [7, 11) is 1.66. The number of hydrogen-bond acceptors (Lipinski definition) is 5. The van der Waals surface area contributed by atoms with E-state index < -0.39 is 0 Å². The third kappa shape index (κ3) is 2.45. The van der Waals surface area contributed by atoms with Crippen molar-refractivity contribution in [1.29, 1.82) is 5.26 Å². The van der Waals surface area contributed by atoms with Gasteiger partial charge in [0.2, 0.25) is 0 Å². The number of rotatable bonds is 3. The highest BCUT2D eigenvalue weighted by Gasteiger charge is 2.33. The molecule has 0 atom stereocenters. The summed E-state index contributed by atoms with van der Waals surface area (Å²) in [5.74, 6) is 0.810. The van der Waals surface area contributed by atoms with Gasteiger partial charge in [0, 0.05) is 51.4 Å². The second-order valence-corrected chi connectivity index (χ2v) is 5.34. The van der Waals surface area contributed by atoms with Crippen LogP contribution in [-0.2, 0) is 0 Å². The van der Waals surface area contributed by atoms with Crippen molar-refractivity contribution in [3.05, 3.63) is 23.8 Å². The molecule has 0 bridgehead atoms. The number of ether oxygens (including phenoxy) is 1. The van der Waals surface area contributed by atoms with E-state index in [0.29, 0.717) is 6.04 Å². The molecule has 2 saturated heterocycles. The Balaban J connectivity index is 1.68. The minimum atomic E-state index is 0.620. The Bertz CT molecular complexity index is 513. The fourth-order valence-corrected chi connectivity index (χ4v) is 2.92. The third-order valence-corrected chi connectivity index (χ3v) is 4.20. The number of nitriles is 1. The van der Waals surface area contributed by atoms with Crippen LogP contribution in [0.25, 0.3) is 0 Å². The first kappa shape index (κ1) is 13.2. The first-order valence-corrected chi connectivity index (χ1v) is 7.09. The second kappa shape index (κ2) is 5.70. The van der Waals surface area contributed by atoms with Crippen LogP contribution in [0.3, 0.4) is 0 Å². The van der Waals surface area contributed by atoms with E-state index in [2.05, 4.69) is 21.2 Å². The van der Waals surface area contributed by atoms with Crippen LogP contribution in [0.15, 0.2) is 18.2 Å². The Kier molecular flexibility index (Phi) is 3.77. The monoisotopic (exact) mass is 272 g/mol. The van der Waals surface area contributed by atoms with Gasteiger partial charge in [-0.2, -0.15) is 5.26 Å². The molecule has 0 radical (unpaired) electrons. The molecule has 5 heteroatoms. The summed E-state index contributed by atoms with van der Waals surface area (Å²) in [5.41, 5.74) is 1.72. The van der Waals surface area contributed by atoms with Crippen LogP contribution in [0.1, 0.15) is 5.56 Å². The Morgan fingerprint density at radius 2 is 2.05 bits per heavy atom. The molecular weight excluding hydrogens is 252 g/mol. The normalized spacial score (nSPS) is 20.3. The summed E-state index contributed by atoms with van der Waals surface area (Å²) < 4.78 is 5.26. The summed E-state index contributed by atoms with van der Waals surface area (Å²) in [5, 5.41) is 12.6. The van der Waals surface area contributed by atoms with E-state index in [-0.39, 0.29) is 0 Å². The molecule has 0 saturated carbocycles. The van der Waals surface area contributed by atoms with Crippen molar-refractivity contribution in [3.63, 3.8) is 0 Å². The van der Waals surface area contributed by atoms with E-state index in [1.54, 1.807) is 7.11 Å². The quantitative estimate of drug-likeness (QED) is 0.876. The second-order valence-electron chi connectivity index (χ2n) is 5.34. The van der Waals surface area contributed by atoms with Crippen molar-refractivity contribution in [2.75, 3.05) is 51.3 Å². The largest absolute Gasteiger partial charge is 0.497 e. The fourth-order valence-electron chi connectivity index (χ4n) is 2.92. The molecule has 0 aliphatic carbocycles. The zero-order valence-corrected chi connectivity index (χ0v) is 11.8. The molecule has 106 valence electrons. The van der Waals surface area contributed by atoms with Crippen molar-refractivity contribution >= 4 is 5.69 Å². The molecule has 20 heavy (non-hydrogen) atoms. The number of hydrogen-bond donors (Lipinski definition) is 1. The zero-order chi connectivity index (χ0) is 13.9. The van der Waals surface area contributed by atoms with Crippen LogP contribution in [0.5, 0.6) is 5.75 Å². The van der Waals surface area contributed by atoms with Gasteiger partial charge in [-0.15, -0.1) is 0 Å². The van der Waals surface area contributed by atoms with Crippen LogP contribution in [0.4, 0.5) is 5.69 Å². The van der Waals surface area contributed by atoms with Crippen molar-refractivity contribution in [2.24, 2.45) is 0 Å². The Labute approximate surface area is 119 Å². The number of benzene rings is 1. The van der Waals surface area contributed by atoms with Crippen LogP contribution in [-0.4, -0.2) is 57.3 Å². The zero-order valence-electron chi connectivity index (χ0n) is 11.8. The average molecular weight is 272 g/mol. The van der Waals surface area contributed by atoms with Gasteiger partial charge in [0.1, 0.15) is 11.8 Å². The number of nitrogens with zero attached hydrogens (tertiary/aromatic N) is 3. The Morgan fingerprint density at radius 1 is 1.30 bits per heavy atom. The first-order valence-electron chi connectivity index (χ1n) is 7.09. The Morgan fingerprint density at radius 3 is 2.70 bits per heavy atom. The van der Waals surface area contributed by atoms with Crippen LogP contribution in [0, 0.1) is 11.3 Å². The molecule has 1 aromatic rings. The van der Waals surface area contributed by atoms with Gasteiger partial charge in [0.15, 0.2) is 0 Å². The van der Waals surface area contributed by atoms with Gasteiger partial charge < -0.3 is 15.0 Å². The van der Waals surface area contributed by atoms with Crippen molar-refractivity contribution in [3.8, 4) is 11.8 Å². The SMILES string of the molecule is COc1ccc(C#N)c(N2CC(N3CCNCC3)C2)c1. The number of methoxy groups -OCH3 is 1. The highest BCUT2D eigenvalue weighted by molar-refractivity contribution is 5.63. The maximum absolute atomic E-state index is 9.23. The molecule has 0 amide bonds. The van der Waals surface area contributed by atoms with Crippen molar-refractivity contribution in [2.45, 2.75) is 6.04 Å². The summed E-state index contributed by atoms with van der Waals surface area (Å²) >= 11 is 0. The third-order valence-electron chi connectivity index (χ3n) is 4.20. The minimum absolute atomic E-state index is 0.620. The summed E-state index contributed by atoms with van der Waals surface area (Å²) in [6.07, 6.45) is 0. The van der Waals surface area contributed by atoms with Gasteiger partial charge in [-0.05, 0) is 12.1 Å². The molecule has 2 aliphatic heterocycles. The van der Waals surface area contributed by atoms with Crippen LogP contribution >= 0.6 is 0 Å². The summed E-state index contributed by atoms with van der Waals surface area (Å²) in [4.78, 5) is 4.81. The molecule has 2 aliphatic rings. The van der Waals surface area contributed by atoms with Crippen molar-refractivity contribution < 1.29 is 4.74 Å². The van der Waals surface area contributed by atoms with Gasteiger partial charge in [-0.25, -0.2) is 0 Å². The lowest BCUT2D eigenvalue weighted by Gasteiger charge is -2.48. The number of nitrogens with one attached hydrogen (secondary N) is 1. The average Bonchev–Trinajstić information content (AvgIpc) is 2.47. The Hall–Kier alpha value is -1.77. The molecule has 1 N–H and O–H groups in total. The summed E-state index contributed by atoms with van der Waals surface area (Å²) in [6.45, 7) is 6.42. The molecule has 0 aromatic heterocycles. The van der Waals surface area contributed by atoms with E-state index in [1.807, 2.05) is 18.2 Å². The smallest absolute Gasteiger partial charge is 0.121 e. The molecule has 2 fully saturated rings. The molecule has 1 aromatic carbocycles. The molecule has 0 spiro atoms. The molecular formula is C15H20N4O. The van der Waals surface area contributed by atoms with E-state index in [4.69, 9.17) is 4.74 Å². The maximum Gasteiger partial charge on any atom is 0.121 e. The fraction of sp³-hybridized carbons (Fsp3) is 0.533. The van der Waals surface area contributed by atoms with E-state index in [0.717, 1.165) is 56.3 Å². The predicted octanol–water partition coefficient (Wildman–Crippen LogP) is 0.661. The first-order chi connectivity index (χ1) is 9.81. The van der Waals surface area contributed by atoms with Crippen LogP contribution in [0.2, 0.25) is 0 Å². The topological polar surface area (TPSA) is 51.5 Å². The molecule has 0 unspecified atom stereocenters. The van der Waals surface area contributed by atoms with Crippen molar-refractivity contribution in [1.82, 2.24) is 10.2 Å². The van der Waals surface area contributed by atoms with E-state index in [9.17, 15) is 5.26 Å². The van der Waals surface area contributed by atoms with Gasteiger partial charge >= 0.3 is 0 Å². The van der Waals surface area contributed by atoms with Crippen LogP contribution < -0.4 is 15.0 Å². The van der Waals surface area contributed by atoms with Gasteiger partial charge in [0.25, 0.3) is 0 Å². The lowest BCUT2D eigenvalue weighted by molar-refractivity contribution is 0.147. The number of piperazine rings is 1. The molecule has 2 heterocycles. The van der Waals surface area contributed by atoms with E-state index >= 15 is 0 Å². The molecule has 5 nitrogen and oxygen atoms in total. The van der Waals surface area contributed by atoms with Gasteiger partial charge in [-0.1, -0.05) is 0 Å². The highest BCUT2D eigenvalue weighted by Crippen LogP contribution is 2.30. The standard InChI is InChI=1S/C15H20N4O/c1-20-14-3-2-12(9-16)15(8-14)19-10-13(11-19)18-6-4-17-5-7-18/h2-3,8,13,17H,4-7,10-11H2,1H3. The van der Waals surface area contributed by atoms with Gasteiger partial charge in [0.05, 0.1) is 18.4 Å². The summed E-state index contributed by atoms with van der Waals surface area (Å²) in [6, 6.07) is 8.54. The maximum atomic E-state index is 9.23. The highest BCUT2D eigenvalue weighted by atomic mass is 16.5. The molecule has 3 rings (SSSR count). The predicted molar refractivity (Wildman–Crippen MR) is 78.2 cm³/mol. The van der Waals surface area contributed by atoms with E-state index in [1.165, 1.54) is 0 Å².